The van der Waals surface area contributed by atoms with Crippen molar-refractivity contribution in [3.05, 3.63) is 45.9 Å². The van der Waals surface area contributed by atoms with Crippen molar-refractivity contribution in [1.29, 1.82) is 0 Å². The minimum Gasteiger partial charge on any atom is -0.395 e. The van der Waals surface area contributed by atoms with Gasteiger partial charge in [0.2, 0.25) is 0 Å². The molecule has 0 saturated carbocycles. The second-order valence-electron chi connectivity index (χ2n) is 5.73. The number of hydrogen-bond donors (Lipinski definition) is 3. The van der Waals surface area contributed by atoms with Gasteiger partial charge in [0.15, 0.2) is 5.13 Å². The Morgan fingerprint density at radius 3 is 2.64 bits per heavy atom. The van der Waals surface area contributed by atoms with Gasteiger partial charge in [0.05, 0.1) is 12.6 Å². The first-order valence-electron chi connectivity index (χ1n) is 7.33. The van der Waals surface area contributed by atoms with Gasteiger partial charge in [0.25, 0.3) is 0 Å². The predicted molar refractivity (Wildman–Crippen MR) is 93.3 cm³/mol. The number of rotatable bonds is 7. The zero-order valence-corrected chi connectivity index (χ0v) is 14.4. The van der Waals surface area contributed by atoms with Crippen molar-refractivity contribution in [2.75, 3.05) is 12.3 Å². The summed E-state index contributed by atoms with van der Waals surface area (Å²) in [5.41, 5.74) is 6.74. The molecule has 4 N–H and O–H groups in total. The van der Waals surface area contributed by atoms with Gasteiger partial charge in [-0.2, -0.15) is 0 Å². The molecule has 22 heavy (non-hydrogen) atoms. The lowest BCUT2D eigenvalue weighted by Crippen LogP contribution is -2.37. The topological polar surface area (TPSA) is 71.2 Å². The number of aliphatic hydroxyl groups is 1. The molecule has 2 atom stereocenters. The molecule has 1 heterocycles. The van der Waals surface area contributed by atoms with Crippen molar-refractivity contribution in [2.45, 2.75) is 32.4 Å². The molecule has 0 aliphatic heterocycles. The van der Waals surface area contributed by atoms with E-state index in [0.29, 0.717) is 16.1 Å². The molecule has 0 saturated heterocycles. The fraction of sp³-hybridized carbons (Fsp3) is 0.438. The van der Waals surface area contributed by atoms with E-state index < -0.39 is 0 Å². The van der Waals surface area contributed by atoms with Crippen LogP contribution in [-0.4, -0.2) is 22.7 Å². The first kappa shape index (κ1) is 17.2. The van der Waals surface area contributed by atoms with Crippen LogP contribution in [0.4, 0.5) is 5.13 Å². The van der Waals surface area contributed by atoms with Gasteiger partial charge in [-0.3, -0.25) is 0 Å². The van der Waals surface area contributed by atoms with Gasteiger partial charge in [0, 0.05) is 22.1 Å². The summed E-state index contributed by atoms with van der Waals surface area (Å²) in [6, 6.07) is 7.58. The van der Waals surface area contributed by atoms with Crippen LogP contribution in [0.1, 0.15) is 36.8 Å². The molecule has 0 aliphatic carbocycles. The summed E-state index contributed by atoms with van der Waals surface area (Å²) in [5, 5.41) is 14.4. The molecule has 1 aromatic heterocycles. The maximum atomic E-state index is 9.66. The number of benzene rings is 1. The Hall–Kier alpha value is -1.14. The quantitative estimate of drug-likeness (QED) is 0.722. The molecular weight excluding hydrogens is 318 g/mol. The molecule has 6 heteroatoms. The average molecular weight is 340 g/mol. The summed E-state index contributed by atoms with van der Waals surface area (Å²) in [5.74, 6) is 0.489. The van der Waals surface area contributed by atoms with Gasteiger partial charge in [-0.25, -0.2) is 4.98 Å². The van der Waals surface area contributed by atoms with Crippen LogP contribution in [-0.2, 0) is 0 Å². The fourth-order valence-electron chi connectivity index (χ4n) is 2.47. The van der Waals surface area contributed by atoms with E-state index >= 15 is 0 Å². The van der Waals surface area contributed by atoms with Crippen molar-refractivity contribution >= 4 is 28.1 Å². The lowest BCUT2D eigenvalue weighted by atomic mass is 10.0. The Labute approximate surface area is 140 Å². The van der Waals surface area contributed by atoms with Crippen LogP contribution in [0.15, 0.2) is 30.5 Å². The number of aliphatic hydroxyl groups excluding tert-OH is 1. The predicted octanol–water partition coefficient (Wildman–Crippen LogP) is 3.46. The number of nitrogens with two attached hydrogens (primary N) is 1. The number of hydrogen-bond acceptors (Lipinski definition) is 5. The number of nitrogens with one attached hydrogen (secondary N) is 1. The largest absolute Gasteiger partial charge is 0.395 e. The molecule has 0 aliphatic rings. The summed E-state index contributed by atoms with van der Waals surface area (Å²) < 4.78 is 0. The summed E-state index contributed by atoms with van der Waals surface area (Å²) in [6.07, 6.45) is 2.65. The third-order valence-corrected chi connectivity index (χ3v) is 4.66. The molecule has 2 aromatic rings. The van der Waals surface area contributed by atoms with Crippen LogP contribution in [0.25, 0.3) is 0 Å². The lowest BCUT2D eigenvalue weighted by Gasteiger charge is -2.26. The Morgan fingerprint density at radius 1 is 1.36 bits per heavy atom. The molecular formula is C16H22ClN3OS. The number of anilines is 1. The van der Waals surface area contributed by atoms with E-state index in [1.165, 1.54) is 11.3 Å². The first-order valence-corrected chi connectivity index (χ1v) is 8.53. The number of nitrogen functional groups attached to an aromatic ring is 1. The molecule has 0 spiro atoms. The van der Waals surface area contributed by atoms with Gasteiger partial charge in [-0.1, -0.05) is 43.6 Å². The van der Waals surface area contributed by atoms with Crippen molar-refractivity contribution in [3.63, 3.8) is 0 Å². The maximum absolute atomic E-state index is 9.66. The van der Waals surface area contributed by atoms with Gasteiger partial charge in [-0.15, -0.1) is 11.3 Å². The normalized spacial score (nSPS) is 14.2. The molecule has 2 rings (SSSR count). The Morgan fingerprint density at radius 2 is 2.09 bits per heavy atom. The highest BCUT2D eigenvalue weighted by molar-refractivity contribution is 7.15. The Balaban J connectivity index is 2.32. The van der Waals surface area contributed by atoms with E-state index in [9.17, 15) is 5.11 Å². The summed E-state index contributed by atoms with van der Waals surface area (Å²) in [7, 11) is 0. The van der Waals surface area contributed by atoms with Crippen molar-refractivity contribution < 1.29 is 5.11 Å². The highest BCUT2D eigenvalue weighted by Gasteiger charge is 2.23. The number of aromatic nitrogens is 1. The third kappa shape index (κ3) is 4.43. The monoisotopic (exact) mass is 339 g/mol. The van der Waals surface area contributed by atoms with Gasteiger partial charge in [-0.05, 0) is 24.0 Å². The fourth-order valence-corrected chi connectivity index (χ4v) is 3.48. The molecule has 120 valence electrons. The van der Waals surface area contributed by atoms with E-state index in [4.69, 9.17) is 17.3 Å². The zero-order valence-electron chi connectivity index (χ0n) is 12.8. The standard InChI is InChI=1S/C16H22ClN3OS/c1-10(2)7-11(9-21)20-15(14-8-19-16(18)22-14)12-5-3-4-6-13(12)17/h3-6,8,10-11,15,20-21H,7,9H2,1-2H3,(H2,18,19)/t11-,15?/m1/s1. The SMILES string of the molecule is CC(C)C[C@H](CO)NC(c1cnc(N)s1)c1ccccc1Cl. The minimum absolute atomic E-state index is 0.00963. The van der Waals surface area contributed by atoms with Crippen LogP contribution in [0, 0.1) is 5.92 Å². The Bertz CT molecular complexity index is 603. The maximum Gasteiger partial charge on any atom is 0.180 e. The number of nitrogens with zero attached hydrogens (tertiary/aromatic N) is 1. The molecule has 1 unspecified atom stereocenters. The van der Waals surface area contributed by atoms with Crippen LogP contribution in [0.5, 0.6) is 0 Å². The molecule has 0 amide bonds. The van der Waals surface area contributed by atoms with Gasteiger partial charge in [0.1, 0.15) is 0 Å². The summed E-state index contributed by atoms with van der Waals surface area (Å²) in [6.45, 7) is 4.35. The van der Waals surface area contributed by atoms with E-state index in [1.807, 2.05) is 24.3 Å². The van der Waals surface area contributed by atoms with Gasteiger partial charge < -0.3 is 16.2 Å². The minimum atomic E-state index is -0.126. The summed E-state index contributed by atoms with van der Waals surface area (Å²) in [4.78, 5) is 5.13. The van der Waals surface area contributed by atoms with E-state index in [0.717, 1.165) is 16.9 Å². The van der Waals surface area contributed by atoms with Crippen molar-refractivity contribution in [2.24, 2.45) is 5.92 Å². The number of halogens is 1. The molecule has 0 fully saturated rings. The molecule has 0 radical (unpaired) electrons. The lowest BCUT2D eigenvalue weighted by molar-refractivity contribution is 0.218. The highest BCUT2D eigenvalue weighted by atomic mass is 35.5. The second kappa shape index (κ2) is 7.92. The highest BCUT2D eigenvalue weighted by Crippen LogP contribution is 2.32. The number of thiazole rings is 1. The Kier molecular flexibility index (Phi) is 6.20. The zero-order chi connectivity index (χ0) is 16.1. The molecule has 0 bridgehead atoms. The van der Waals surface area contributed by atoms with Crippen molar-refractivity contribution in [3.8, 4) is 0 Å². The molecule has 4 nitrogen and oxygen atoms in total. The van der Waals surface area contributed by atoms with E-state index in [1.54, 1.807) is 6.20 Å². The van der Waals surface area contributed by atoms with Crippen LogP contribution < -0.4 is 11.1 Å². The van der Waals surface area contributed by atoms with Crippen LogP contribution >= 0.6 is 22.9 Å². The first-order chi connectivity index (χ1) is 10.5. The van der Waals surface area contributed by atoms with Crippen LogP contribution in [0.3, 0.4) is 0 Å². The molecule has 1 aromatic carbocycles. The van der Waals surface area contributed by atoms with Crippen molar-refractivity contribution in [1.82, 2.24) is 10.3 Å². The average Bonchev–Trinajstić information content (AvgIpc) is 2.90. The summed E-state index contributed by atoms with van der Waals surface area (Å²) >= 11 is 7.79. The van der Waals surface area contributed by atoms with E-state index in [-0.39, 0.29) is 18.7 Å². The van der Waals surface area contributed by atoms with Crippen LogP contribution in [0.2, 0.25) is 5.02 Å². The third-order valence-electron chi connectivity index (χ3n) is 3.42. The smallest absolute Gasteiger partial charge is 0.180 e. The van der Waals surface area contributed by atoms with Gasteiger partial charge >= 0.3 is 0 Å². The van der Waals surface area contributed by atoms with E-state index in [2.05, 4.69) is 24.1 Å². The second-order valence-corrected chi connectivity index (χ2v) is 7.23.